The Bertz CT molecular complexity index is 506. The average molecular weight is 273 g/mol. The Morgan fingerprint density at radius 1 is 1.35 bits per heavy atom. The lowest BCUT2D eigenvalue weighted by atomic mass is 10.1. The minimum absolute atomic E-state index is 0.144. The Kier molecular flexibility index (Phi) is 3.64. The molecule has 0 unspecified atom stereocenters. The van der Waals surface area contributed by atoms with Crippen molar-refractivity contribution in [1.29, 1.82) is 0 Å². The molecule has 4 nitrogen and oxygen atoms in total. The highest BCUT2D eigenvalue weighted by molar-refractivity contribution is 5.95. The summed E-state index contributed by atoms with van der Waals surface area (Å²) >= 11 is 0. The Morgan fingerprint density at radius 3 is 2.70 bits per heavy atom. The SMILES string of the molecule is CCCc1cc(C(=O)N(CC2CC2)C2CC2)cc(N)n1. The predicted molar refractivity (Wildman–Crippen MR) is 79.4 cm³/mol. The summed E-state index contributed by atoms with van der Waals surface area (Å²) in [6, 6.07) is 4.11. The molecule has 1 aromatic rings. The lowest BCUT2D eigenvalue weighted by Crippen LogP contribution is -2.35. The summed E-state index contributed by atoms with van der Waals surface area (Å²) in [6.45, 7) is 3.03. The van der Waals surface area contributed by atoms with Crippen LogP contribution in [-0.4, -0.2) is 28.4 Å². The molecule has 3 rings (SSSR count). The maximum absolute atomic E-state index is 12.7. The Morgan fingerprint density at radius 2 is 2.10 bits per heavy atom. The largest absolute Gasteiger partial charge is 0.384 e. The summed E-state index contributed by atoms with van der Waals surface area (Å²) in [6.07, 6.45) is 6.74. The monoisotopic (exact) mass is 273 g/mol. The third-order valence-corrected chi connectivity index (χ3v) is 4.05. The first-order valence-corrected chi connectivity index (χ1v) is 7.74. The number of nitrogens with zero attached hydrogens (tertiary/aromatic N) is 2. The van der Waals surface area contributed by atoms with Gasteiger partial charge in [-0.3, -0.25) is 4.79 Å². The Balaban J connectivity index is 1.80. The highest BCUT2D eigenvalue weighted by Gasteiger charge is 2.36. The van der Waals surface area contributed by atoms with Gasteiger partial charge in [0.05, 0.1) is 0 Å². The summed E-state index contributed by atoms with van der Waals surface area (Å²) in [7, 11) is 0. The van der Waals surface area contributed by atoms with Crippen LogP contribution in [0.2, 0.25) is 0 Å². The zero-order valence-electron chi connectivity index (χ0n) is 12.1. The van der Waals surface area contributed by atoms with Crippen LogP contribution in [0, 0.1) is 5.92 Å². The van der Waals surface area contributed by atoms with E-state index in [0.29, 0.717) is 17.4 Å². The predicted octanol–water partition coefficient (Wildman–Crippen LogP) is 2.63. The summed E-state index contributed by atoms with van der Waals surface area (Å²) in [5.41, 5.74) is 7.50. The molecule has 2 N–H and O–H groups in total. The molecule has 0 saturated heterocycles. The van der Waals surface area contributed by atoms with Gasteiger partial charge in [-0.25, -0.2) is 4.98 Å². The van der Waals surface area contributed by atoms with Crippen molar-refractivity contribution >= 4 is 11.7 Å². The van der Waals surface area contributed by atoms with Crippen molar-refractivity contribution in [1.82, 2.24) is 9.88 Å². The smallest absolute Gasteiger partial charge is 0.254 e. The third-order valence-electron chi connectivity index (χ3n) is 4.05. The highest BCUT2D eigenvalue weighted by atomic mass is 16.2. The molecule has 0 radical (unpaired) electrons. The van der Waals surface area contributed by atoms with Crippen molar-refractivity contribution in [3.8, 4) is 0 Å². The molecule has 2 saturated carbocycles. The number of rotatable bonds is 6. The molecule has 4 heteroatoms. The number of aromatic nitrogens is 1. The van der Waals surface area contributed by atoms with E-state index in [1.807, 2.05) is 6.07 Å². The maximum atomic E-state index is 12.7. The van der Waals surface area contributed by atoms with Gasteiger partial charge in [-0.2, -0.15) is 0 Å². The lowest BCUT2D eigenvalue weighted by Gasteiger charge is -2.22. The fourth-order valence-corrected chi connectivity index (χ4v) is 2.65. The zero-order chi connectivity index (χ0) is 14.1. The van der Waals surface area contributed by atoms with E-state index in [4.69, 9.17) is 5.73 Å². The standard InChI is InChI=1S/C16H23N3O/c1-2-3-13-8-12(9-15(17)18-13)16(20)19(14-6-7-14)10-11-4-5-11/h8-9,11,14H,2-7,10H2,1H3,(H2,17,18). The molecule has 0 atom stereocenters. The first-order chi connectivity index (χ1) is 9.67. The maximum Gasteiger partial charge on any atom is 0.254 e. The van der Waals surface area contributed by atoms with E-state index in [1.54, 1.807) is 6.07 Å². The second-order valence-corrected chi connectivity index (χ2v) is 6.15. The van der Waals surface area contributed by atoms with Gasteiger partial charge in [0, 0.05) is 23.8 Å². The second kappa shape index (κ2) is 5.43. The van der Waals surface area contributed by atoms with E-state index in [2.05, 4.69) is 16.8 Å². The van der Waals surface area contributed by atoms with Crippen molar-refractivity contribution in [3.05, 3.63) is 23.4 Å². The van der Waals surface area contributed by atoms with Crippen LogP contribution in [0.5, 0.6) is 0 Å². The van der Waals surface area contributed by atoms with E-state index < -0.39 is 0 Å². The molecular formula is C16H23N3O. The van der Waals surface area contributed by atoms with Crippen molar-refractivity contribution in [2.75, 3.05) is 12.3 Å². The van der Waals surface area contributed by atoms with Gasteiger partial charge in [0.25, 0.3) is 5.91 Å². The molecule has 108 valence electrons. The van der Waals surface area contributed by atoms with Crippen LogP contribution in [0.15, 0.2) is 12.1 Å². The van der Waals surface area contributed by atoms with Gasteiger partial charge in [0.15, 0.2) is 0 Å². The quantitative estimate of drug-likeness (QED) is 0.866. The van der Waals surface area contributed by atoms with E-state index >= 15 is 0 Å². The fourth-order valence-electron chi connectivity index (χ4n) is 2.65. The number of nitrogens with two attached hydrogens (primary N) is 1. The average Bonchev–Trinajstić information content (AvgIpc) is 3.26. The minimum Gasteiger partial charge on any atom is -0.384 e. The van der Waals surface area contributed by atoms with Crippen LogP contribution < -0.4 is 5.73 Å². The molecule has 1 heterocycles. The third kappa shape index (κ3) is 3.11. The molecule has 2 aliphatic rings. The highest BCUT2D eigenvalue weighted by Crippen LogP contribution is 2.35. The van der Waals surface area contributed by atoms with Crippen molar-refractivity contribution < 1.29 is 4.79 Å². The number of nitrogen functional groups attached to an aromatic ring is 1. The lowest BCUT2D eigenvalue weighted by molar-refractivity contribution is 0.0734. The van der Waals surface area contributed by atoms with Crippen molar-refractivity contribution in [2.24, 2.45) is 5.92 Å². The van der Waals surface area contributed by atoms with Gasteiger partial charge in [-0.15, -0.1) is 0 Å². The minimum atomic E-state index is 0.144. The van der Waals surface area contributed by atoms with Crippen molar-refractivity contribution in [2.45, 2.75) is 51.5 Å². The van der Waals surface area contributed by atoms with Crippen LogP contribution in [0.25, 0.3) is 0 Å². The number of carbonyl (C=O) groups excluding carboxylic acids is 1. The van der Waals surface area contributed by atoms with E-state index in [9.17, 15) is 4.79 Å². The van der Waals surface area contributed by atoms with Gasteiger partial charge in [-0.1, -0.05) is 13.3 Å². The normalized spacial score (nSPS) is 18.1. The summed E-state index contributed by atoms with van der Waals surface area (Å²) in [4.78, 5) is 19.1. The van der Waals surface area contributed by atoms with Crippen LogP contribution in [0.3, 0.4) is 0 Å². The first kappa shape index (κ1) is 13.4. The van der Waals surface area contributed by atoms with Gasteiger partial charge < -0.3 is 10.6 Å². The number of carbonyl (C=O) groups is 1. The number of aryl methyl sites for hydroxylation is 1. The molecule has 20 heavy (non-hydrogen) atoms. The number of amides is 1. The van der Waals surface area contributed by atoms with E-state index in [0.717, 1.165) is 43.8 Å². The molecule has 1 aromatic heterocycles. The van der Waals surface area contributed by atoms with E-state index in [1.165, 1.54) is 12.8 Å². The van der Waals surface area contributed by atoms with Crippen LogP contribution in [-0.2, 0) is 6.42 Å². The Hall–Kier alpha value is -1.58. The number of anilines is 1. The van der Waals surface area contributed by atoms with Gasteiger partial charge in [-0.05, 0) is 50.2 Å². The molecule has 0 aromatic carbocycles. The summed E-state index contributed by atoms with van der Waals surface area (Å²) < 4.78 is 0. The van der Waals surface area contributed by atoms with Crippen LogP contribution in [0.1, 0.15) is 55.1 Å². The number of hydrogen-bond acceptors (Lipinski definition) is 3. The molecule has 2 fully saturated rings. The van der Waals surface area contributed by atoms with Gasteiger partial charge in [0.2, 0.25) is 0 Å². The fraction of sp³-hybridized carbons (Fsp3) is 0.625. The van der Waals surface area contributed by atoms with Gasteiger partial charge >= 0.3 is 0 Å². The molecule has 0 bridgehead atoms. The molecule has 1 amide bonds. The zero-order valence-corrected chi connectivity index (χ0v) is 12.1. The number of hydrogen-bond donors (Lipinski definition) is 1. The van der Waals surface area contributed by atoms with Crippen molar-refractivity contribution in [3.63, 3.8) is 0 Å². The molecule has 0 aliphatic heterocycles. The Labute approximate surface area is 120 Å². The topological polar surface area (TPSA) is 59.2 Å². The summed E-state index contributed by atoms with van der Waals surface area (Å²) in [5.74, 6) is 1.33. The second-order valence-electron chi connectivity index (χ2n) is 6.15. The van der Waals surface area contributed by atoms with Crippen LogP contribution in [0.4, 0.5) is 5.82 Å². The molecule has 2 aliphatic carbocycles. The van der Waals surface area contributed by atoms with Gasteiger partial charge in [0.1, 0.15) is 5.82 Å². The number of pyridine rings is 1. The summed E-state index contributed by atoms with van der Waals surface area (Å²) in [5, 5.41) is 0. The molecular weight excluding hydrogens is 250 g/mol. The van der Waals surface area contributed by atoms with E-state index in [-0.39, 0.29) is 5.91 Å². The van der Waals surface area contributed by atoms with Crippen LogP contribution >= 0.6 is 0 Å². The first-order valence-electron chi connectivity index (χ1n) is 7.74. The molecule has 0 spiro atoms.